The average molecular weight is 1330 g/mol. The van der Waals surface area contributed by atoms with Gasteiger partial charge in [0.05, 0.1) is 36.6 Å². The SMILES string of the molecule is CC[C@H](C)[C@@H]([C@@H](CC(=O)N1CCC[C@H]1[C@H](OC)[C@@H](C)C(=O)N[C@@H](Cc1ccccc1)C(=O)O)OC)N(C)C(=O)[C@@H](NC(=O)[C@H](C(C)C)N(C)C(=O)OCc1ccc(NC(=O)[C@H](CCCNC(N)=O)NC(=O)C(NC(=O)CCCCCN2C(=O)C=CC2=O)=C(C)C)cc1)C(C)C. The van der Waals surface area contributed by atoms with Gasteiger partial charge in [-0.05, 0) is 99.0 Å². The Bertz CT molecular complexity index is 3030. The van der Waals surface area contributed by atoms with Gasteiger partial charge in [-0.15, -0.1) is 0 Å². The number of imide groups is 1. The van der Waals surface area contributed by atoms with E-state index < -0.39 is 120 Å². The minimum Gasteiger partial charge on any atom is -0.480 e. The number of unbranched alkanes of at least 4 members (excludes halogenated alkanes) is 2. The Labute approximate surface area is 557 Å². The van der Waals surface area contributed by atoms with Crippen LogP contribution in [-0.2, 0) is 75.2 Å². The molecule has 95 heavy (non-hydrogen) atoms. The molecule has 2 aromatic rings. The van der Waals surface area contributed by atoms with Gasteiger partial charge in [-0.3, -0.25) is 53.0 Å². The number of aliphatic carboxylic acids is 1. The molecule has 27 nitrogen and oxygen atoms in total. The average Bonchev–Trinajstić information content (AvgIpc) is 1.81. The van der Waals surface area contributed by atoms with Gasteiger partial charge < -0.3 is 66.8 Å². The van der Waals surface area contributed by atoms with Crippen molar-refractivity contribution in [1.82, 2.24) is 46.2 Å². The molecule has 524 valence electrons. The third-order valence-electron chi connectivity index (χ3n) is 17.3. The number of ether oxygens (including phenoxy) is 3. The number of hydrogen-bond acceptors (Lipinski definition) is 15. The van der Waals surface area contributed by atoms with Crippen molar-refractivity contribution in [3.8, 4) is 0 Å². The lowest BCUT2D eigenvalue weighted by Gasteiger charge is -2.41. The number of likely N-dealkylation sites (N-methyl/N-ethyl adjacent to an activating group) is 2. The van der Waals surface area contributed by atoms with Crippen molar-refractivity contribution in [3.63, 3.8) is 0 Å². The maximum absolute atomic E-state index is 14.8. The van der Waals surface area contributed by atoms with Crippen LogP contribution in [0.5, 0.6) is 0 Å². The lowest BCUT2D eigenvalue weighted by Crippen LogP contribution is -2.60. The maximum atomic E-state index is 14.8. The second-order valence-corrected chi connectivity index (χ2v) is 25.3. The first-order valence-electron chi connectivity index (χ1n) is 32.6. The zero-order valence-corrected chi connectivity index (χ0v) is 57.3. The van der Waals surface area contributed by atoms with E-state index in [-0.39, 0.29) is 81.1 Å². The predicted molar refractivity (Wildman–Crippen MR) is 354 cm³/mol. The summed E-state index contributed by atoms with van der Waals surface area (Å²) in [5, 5.41) is 26.2. The quantitative estimate of drug-likeness (QED) is 0.0251. The van der Waals surface area contributed by atoms with E-state index in [1.165, 1.54) is 38.3 Å². The number of urea groups is 1. The fourth-order valence-electron chi connectivity index (χ4n) is 11.8. The number of anilines is 1. The first-order chi connectivity index (χ1) is 44.9. The lowest BCUT2D eigenvalue weighted by atomic mass is 9.89. The molecule has 12 amide bonds. The van der Waals surface area contributed by atoms with Crippen LogP contribution < -0.4 is 37.6 Å². The van der Waals surface area contributed by atoms with Crippen molar-refractivity contribution in [2.75, 3.05) is 53.3 Å². The van der Waals surface area contributed by atoms with Crippen molar-refractivity contribution in [3.05, 3.63) is 89.1 Å². The molecule has 1 saturated heterocycles. The van der Waals surface area contributed by atoms with E-state index in [1.54, 1.807) is 109 Å². The first-order valence-corrected chi connectivity index (χ1v) is 32.6. The number of amides is 12. The molecule has 0 aromatic heterocycles. The molecule has 0 saturated carbocycles. The number of benzene rings is 2. The van der Waals surface area contributed by atoms with Crippen LogP contribution in [0, 0.1) is 23.7 Å². The van der Waals surface area contributed by atoms with E-state index in [0.717, 1.165) is 15.4 Å². The lowest BCUT2D eigenvalue weighted by molar-refractivity contribution is -0.148. The summed E-state index contributed by atoms with van der Waals surface area (Å²) in [4.78, 5) is 164. The largest absolute Gasteiger partial charge is 0.480 e. The van der Waals surface area contributed by atoms with E-state index in [4.69, 9.17) is 19.9 Å². The second kappa shape index (κ2) is 38.6. The molecule has 0 spiro atoms. The summed E-state index contributed by atoms with van der Waals surface area (Å²) >= 11 is 0. The molecule has 2 aromatic carbocycles. The highest BCUT2D eigenvalue weighted by Gasteiger charge is 2.44. The third-order valence-corrected chi connectivity index (χ3v) is 17.3. The molecule has 2 aliphatic heterocycles. The number of nitrogens with zero attached hydrogens (tertiary/aromatic N) is 4. The second-order valence-electron chi connectivity index (χ2n) is 25.3. The number of carbonyl (C=O) groups excluding carboxylic acids is 11. The summed E-state index contributed by atoms with van der Waals surface area (Å²) in [6.07, 6.45) is 3.43. The molecule has 10 atom stereocenters. The summed E-state index contributed by atoms with van der Waals surface area (Å²) in [6, 6.07) is 8.78. The normalized spacial score (nSPS) is 16.5. The Morgan fingerprint density at radius 3 is 1.97 bits per heavy atom. The van der Waals surface area contributed by atoms with Gasteiger partial charge in [0.25, 0.3) is 17.7 Å². The van der Waals surface area contributed by atoms with E-state index in [2.05, 4.69) is 31.9 Å². The number of nitrogens with one attached hydrogen (secondary N) is 6. The molecule has 0 radical (unpaired) electrons. The number of carboxylic acid groups (broad SMARTS) is 1. The van der Waals surface area contributed by atoms with E-state index >= 15 is 0 Å². The van der Waals surface area contributed by atoms with Crippen LogP contribution in [-0.4, -0.2) is 192 Å². The Kier molecular flexibility index (Phi) is 32.0. The Morgan fingerprint density at radius 1 is 0.747 bits per heavy atom. The van der Waals surface area contributed by atoms with Crippen molar-refractivity contribution in [2.45, 2.75) is 188 Å². The minimum atomic E-state index is -1.19. The van der Waals surface area contributed by atoms with Gasteiger partial charge in [0.2, 0.25) is 35.4 Å². The molecule has 1 fully saturated rings. The van der Waals surface area contributed by atoms with Crippen LogP contribution in [0.15, 0.2) is 78.0 Å². The van der Waals surface area contributed by atoms with Crippen LogP contribution in [0.25, 0.3) is 0 Å². The summed E-state index contributed by atoms with van der Waals surface area (Å²) in [6.45, 7) is 16.3. The highest BCUT2D eigenvalue weighted by molar-refractivity contribution is 6.13. The fourth-order valence-corrected chi connectivity index (χ4v) is 11.8. The highest BCUT2D eigenvalue weighted by Crippen LogP contribution is 2.30. The molecule has 0 unspecified atom stereocenters. The number of methoxy groups -OCH3 is 2. The number of carboxylic acids is 1. The molecule has 4 rings (SSSR count). The van der Waals surface area contributed by atoms with E-state index in [9.17, 15) is 62.6 Å². The van der Waals surface area contributed by atoms with Gasteiger partial charge in [-0.1, -0.05) is 104 Å². The molecule has 2 aliphatic rings. The Hall–Kier alpha value is -8.72. The van der Waals surface area contributed by atoms with Crippen LogP contribution in [0.2, 0.25) is 0 Å². The summed E-state index contributed by atoms with van der Waals surface area (Å²) in [5.74, 6) is -7.58. The molecular weight excluding hydrogens is 1230 g/mol. The zero-order chi connectivity index (χ0) is 70.8. The topological polar surface area (TPSA) is 364 Å². The minimum absolute atomic E-state index is 0.0476. The Balaban J connectivity index is 1.38. The van der Waals surface area contributed by atoms with Crippen LogP contribution in [0.1, 0.15) is 138 Å². The third kappa shape index (κ3) is 23.6. The van der Waals surface area contributed by atoms with Crippen LogP contribution in [0.4, 0.5) is 15.3 Å². The monoisotopic (exact) mass is 1330 g/mol. The number of rotatable bonds is 38. The predicted octanol–water partition coefficient (Wildman–Crippen LogP) is 4.92. The molecular formula is C68H101N11O16. The van der Waals surface area contributed by atoms with E-state index in [1.807, 2.05) is 19.9 Å². The van der Waals surface area contributed by atoms with Gasteiger partial charge in [0.1, 0.15) is 36.5 Å². The van der Waals surface area contributed by atoms with Gasteiger partial charge in [0, 0.05) is 78.6 Å². The first kappa shape index (κ1) is 78.7. The van der Waals surface area contributed by atoms with Gasteiger partial charge in [-0.2, -0.15) is 0 Å². The summed E-state index contributed by atoms with van der Waals surface area (Å²) < 4.78 is 17.7. The van der Waals surface area contributed by atoms with Gasteiger partial charge >= 0.3 is 18.1 Å². The number of hydrogen-bond donors (Lipinski definition) is 8. The number of primary amides is 1. The van der Waals surface area contributed by atoms with Crippen molar-refractivity contribution in [1.29, 1.82) is 0 Å². The summed E-state index contributed by atoms with van der Waals surface area (Å²) in [7, 11) is 5.96. The number of allylic oxidation sites excluding steroid dienone is 1. The van der Waals surface area contributed by atoms with Crippen LogP contribution >= 0.6 is 0 Å². The van der Waals surface area contributed by atoms with Crippen molar-refractivity contribution >= 4 is 76.9 Å². The van der Waals surface area contributed by atoms with Gasteiger partial charge in [0.15, 0.2) is 0 Å². The Morgan fingerprint density at radius 2 is 1.40 bits per heavy atom. The molecule has 0 bridgehead atoms. The summed E-state index contributed by atoms with van der Waals surface area (Å²) in [5.41, 5.74) is 7.21. The zero-order valence-electron chi connectivity index (χ0n) is 57.3. The fraction of sp³-hybridized carbons (Fsp3) is 0.588. The smallest absolute Gasteiger partial charge is 0.410 e. The molecule has 0 aliphatic carbocycles. The number of nitrogens with two attached hydrogens (primary N) is 1. The van der Waals surface area contributed by atoms with Crippen molar-refractivity contribution < 1.29 is 76.9 Å². The molecule has 9 N–H and O–H groups in total. The highest BCUT2D eigenvalue weighted by atomic mass is 16.6. The molecule has 27 heteroatoms. The van der Waals surface area contributed by atoms with Gasteiger partial charge in [-0.25, -0.2) is 14.4 Å². The molecule has 2 heterocycles. The van der Waals surface area contributed by atoms with Crippen molar-refractivity contribution in [2.24, 2.45) is 29.4 Å². The standard InChI is InChI=1S/C68H101N11O16/c1-14-43(8)59(51(93-12)38-55(83)78-36-22-26-50(78)60(94-13)44(9)61(84)73-49(66(89)90)37-45-23-17-15-18-24-45)76(10)65(88)57(41(4)5)75-64(87)58(42(6)7)77(11)68(92)95-39-46-28-30-47(31-29-46)71-62(85)48(25-21-34-70-67(69)91)72-63(86)56(40(2)3)74-52(80)27-19-16-20-35-79-53(81)32-33-54(79)82/h15,17-18,23-24,28-33,41-44,48-51,57-60H,14,16,19-22,25-27,34-39H2,1-13H3,(H,71,85)(H,72,86)(H,73,84)(H,74,80)(H,75,87)(H,89,90)(H3,69,70,91)/t43-,44+,48-,49-,50-,51+,57-,58-,59-,60+/m0/s1. The maximum Gasteiger partial charge on any atom is 0.410 e. The van der Waals surface area contributed by atoms with E-state index in [0.29, 0.717) is 61.9 Å². The number of likely N-dealkylation sites (tertiary alicyclic amines) is 1. The van der Waals surface area contributed by atoms with Crippen LogP contribution in [0.3, 0.4) is 0 Å². The number of carbonyl (C=O) groups is 12.